The smallest absolute Gasteiger partial charge is 0.226 e. The molecule has 0 radical (unpaired) electrons. The number of nitrogens with one attached hydrogen (secondary N) is 1. The van der Waals surface area contributed by atoms with Crippen LogP contribution in [0.5, 0.6) is 0 Å². The van der Waals surface area contributed by atoms with Crippen molar-refractivity contribution in [3.63, 3.8) is 0 Å². The Morgan fingerprint density at radius 2 is 1.91 bits per heavy atom. The summed E-state index contributed by atoms with van der Waals surface area (Å²) in [5.41, 5.74) is 3.15. The molecule has 0 aromatic carbocycles. The highest BCUT2D eigenvalue weighted by Crippen LogP contribution is 2.25. The van der Waals surface area contributed by atoms with Gasteiger partial charge in [-0.2, -0.15) is 5.10 Å². The number of carbonyl (C=O) groups excluding carboxylic acids is 2. The first kappa shape index (κ1) is 22.5. The normalized spacial score (nSPS) is 18.9. The van der Waals surface area contributed by atoms with Crippen LogP contribution < -0.4 is 5.32 Å². The van der Waals surface area contributed by atoms with E-state index in [4.69, 9.17) is 0 Å². The van der Waals surface area contributed by atoms with Gasteiger partial charge in [-0.15, -0.1) is 0 Å². The van der Waals surface area contributed by atoms with Crippen LogP contribution in [-0.4, -0.2) is 69.1 Å². The molecule has 4 rings (SSSR count). The maximum absolute atomic E-state index is 12.9. The van der Waals surface area contributed by atoms with Gasteiger partial charge in [0.25, 0.3) is 0 Å². The van der Waals surface area contributed by atoms with Gasteiger partial charge in [-0.25, -0.2) is 0 Å². The molecule has 8 nitrogen and oxygen atoms in total. The first-order valence-electron chi connectivity index (χ1n) is 11.6. The zero-order valence-electron chi connectivity index (χ0n) is 19.3. The Morgan fingerprint density at radius 1 is 1.16 bits per heavy atom. The van der Waals surface area contributed by atoms with E-state index in [9.17, 15) is 9.59 Å². The largest absolute Gasteiger partial charge is 0.354 e. The zero-order valence-corrected chi connectivity index (χ0v) is 19.3. The maximum atomic E-state index is 12.9. The van der Waals surface area contributed by atoms with Crippen molar-refractivity contribution in [2.45, 2.75) is 46.2 Å². The zero-order chi connectivity index (χ0) is 22.7. The van der Waals surface area contributed by atoms with E-state index in [0.717, 1.165) is 49.6 Å². The Bertz CT molecular complexity index is 929. The molecule has 2 saturated heterocycles. The van der Waals surface area contributed by atoms with Gasteiger partial charge in [0.15, 0.2) is 0 Å². The lowest BCUT2D eigenvalue weighted by molar-refractivity contribution is -0.147. The second kappa shape index (κ2) is 9.81. The summed E-state index contributed by atoms with van der Waals surface area (Å²) in [4.78, 5) is 34.0. The molecule has 4 heterocycles. The predicted molar refractivity (Wildman–Crippen MR) is 122 cm³/mol. The summed E-state index contributed by atoms with van der Waals surface area (Å²) in [6, 6.07) is 8.12. The molecule has 0 saturated carbocycles. The second-order valence-corrected chi connectivity index (χ2v) is 9.28. The van der Waals surface area contributed by atoms with Crippen molar-refractivity contribution in [1.29, 1.82) is 0 Å². The monoisotopic (exact) mass is 438 g/mol. The minimum Gasteiger partial charge on any atom is -0.354 e. The maximum Gasteiger partial charge on any atom is 0.226 e. The van der Waals surface area contributed by atoms with Crippen molar-refractivity contribution < 1.29 is 9.59 Å². The molecule has 2 aliphatic rings. The van der Waals surface area contributed by atoms with E-state index in [0.29, 0.717) is 19.6 Å². The van der Waals surface area contributed by atoms with Gasteiger partial charge in [0.05, 0.1) is 23.3 Å². The lowest BCUT2D eigenvalue weighted by Gasteiger charge is -2.41. The molecule has 2 amide bonds. The minimum atomic E-state index is -0.101. The highest BCUT2D eigenvalue weighted by molar-refractivity contribution is 5.85. The lowest BCUT2D eigenvalue weighted by atomic mass is 9.91. The molecule has 8 heteroatoms. The standard InChI is InChI=1S/C24H34N6O2/c1-17-12-18(2)30(27-17)19(3)13-26-23(31)21-14-29(15-21)24(32)20-7-10-28(11-8-20)16-22-6-4-5-9-25-22/h4-6,9,12,19-21H,7-8,10-11,13-16H2,1-3H3,(H,26,31). The van der Waals surface area contributed by atoms with Crippen molar-refractivity contribution in [3.8, 4) is 0 Å². The summed E-state index contributed by atoms with van der Waals surface area (Å²) < 4.78 is 1.95. The van der Waals surface area contributed by atoms with E-state index in [1.165, 1.54) is 0 Å². The average Bonchev–Trinajstić information content (AvgIpc) is 3.10. The number of piperidine rings is 1. The number of likely N-dealkylation sites (tertiary alicyclic amines) is 2. The van der Waals surface area contributed by atoms with Crippen molar-refractivity contribution in [2.24, 2.45) is 11.8 Å². The molecule has 0 bridgehead atoms. The van der Waals surface area contributed by atoms with Gasteiger partial charge in [-0.1, -0.05) is 6.07 Å². The summed E-state index contributed by atoms with van der Waals surface area (Å²) in [7, 11) is 0. The van der Waals surface area contributed by atoms with E-state index >= 15 is 0 Å². The second-order valence-electron chi connectivity index (χ2n) is 9.28. The number of aryl methyl sites for hydroxylation is 2. The molecule has 32 heavy (non-hydrogen) atoms. The molecular weight excluding hydrogens is 404 g/mol. The average molecular weight is 439 g/mol. The molecule has 0 spiro atoms. The number of hydrogen-bond donors (Lipinski definition) is 1. The summed E-state index contributed by atoms with van der Waals surface area (Å²) in [5, 5.41) is 7.53. The molecule has 2 aromatic heterocycles. The van der Waals surface area contributed by atoms with E-state index in [-0.39, 0.29) is 29.7 Å². The van der Waals surface area contributed by atoms with Gasteiger partial charge >= 0.3 is 0 Å². The van der Waals surface area contributed by atoms with E-state index in [1.807, 2.05) is 53.9 Å². The van der Waals surface area contributed by atoms with Crippen LogP contribution in [0.4, 0.5) is 0 Å². The Balaban J connectivity index is 1.16. The fourth-order valence-corrected chi connectivity index (χ4v) is 4.71. The van der Waals surface area contributed by atoms with Crippen LogP contribution in [-0.2, 0) is 16.1 Å². The fourth-order valence-electron chi connectivity index (χ4n) is 4.71. The minimum absolute atomic E-state index is 0.0348. The van der Waals surface area contributed by atoms with Gasteiger partial charge < -0.3 is 10.2 Å². The Labute approximate surface area is 190 Å². The van der Waals surface area contributed by atoms with Gasteiger partial charge in [-0.05, 0) is 64.9 Å². The third-order valence-corrected chi connectivity index (χ3v) is 6.65. The predicted octanol–water partition coefficient (Wildman–Crippen LogP) is 1.94. The highest BCUT2D eigenvalue weighted by atomic mass is 16.2. The summed E-state index contributed by atoms with van der Waals surface area (Å²) in [6.45, 7) is 10.3. The number of carbonyl (C=O) groups is 2. The Hall–Kier alpha value is -2.74. The number of hydrogen-bond acceptors (Lipinski definition) is 5. The highest BCUT2D eigenvalue weighted by Gasteiger charge is 2.39. The van der Waals surface area contributed by atoms with Gasteiger partial charge in [0.1, 0.15) is 0 Å². The molecule has 2 fully saturated rings. The molecule has 2 aliphatic heterocycles. The molecular formula is C24H34N6O2. The molecule has 1 N–H and O–H groups in total. The first-order valence-corrected chi connectivity index (χ1v) is 11.6. The topological polar surface area (TPSA) is 83.4 Å². The van der Waals surface area contributed by atoms with Crippen molar-refractivity contribution in [3.05, 3.63) is 47.5 Å². The number of pyridine rings is 1. The molecule has 0 aliphatic carbocycles. The van der Waals surface area contributed by atoms with Crippen molar-refractivity contribution >= 4 is 11.8 Å². The van der Waals surface area contributed by atoms with Crippen LogP contribution >= 0.6 is 0 Å². The number of nitrogens with zero attached hydrogens (tertiary/aromatic N) is 5. The number of amides is 2. The molecule has 2 aromatic rings. The summed E-state index contributed by atoms with van der Waals surface area (Å²) >= 11 is 0. The van der Waals surface area contributed by atoms with Crippen molar-refractivity contribution in [2.75, 3.05) is 32.7 Å². The van der Waals surface area contributed by atoms with Crippen LogP contribution in [0, 0.1) is 25.7 Å². The van der Waals surface area contributed by atoms with Crippen LogP contribution in [0.15, 0.2) is 30.5 Å². The van der Waals surface area contributed by atoms with Gasteiger partial charge in [0.2, 0.25) is 11.8 Å². The Kier molecular flexibility index (Phi) is 6.89. The van der Waals surface area contributed by atoms with Crippen LogP contribution in [0.25, 0.3) is 0 Å². The number of aromatic nitrogens is 3. The summed E-state index contributed by atoms with van der Waals surface area (Å²) in [6.07, 6.45) is 3.57. The van der Waals surface area contributed by atoms with E-state index < -0.39 is 0 Å². The van der Waals surface area contributed by atoms with Crippen LogP contribution in [0.2, 0.25) is 0 Å². The SMILES string of the molecule is Cc1cc(C)n(C(C)CNC(=O)C2CN(C(=O)C3CCN(Cc4ccccn4)CC3)C2)n1. The molecule has 172 valence electrons. The molecule has 1 atom stereocenters. The summed E-state index contributed by atoms with van der Waals surface area (Å²) in [5.74, 6) is 0.219. The van der Waals surface area contributed by atoms with E-state index in [1.54, 1.807) is 0 Å². The lowest BCUT2D eigenvalue weighted by Crippen LogP contribution is -2.58. The van der Waals surface area contributed by atoms with E-state index in [2.05, 4.69) is 27.2 Å². The van der Waals surface area contributed by atoms with Crippen molar-refractivity contribution in [1.82, 2.24) is 29.9 Å². The fraction of sp³-hybridized carbons (Fsp3) is 0.583. The van der Waals surface area contributed by atoms with Crippen LogP contribution in [0.3, 0.4) is 0 Å². The number of rotatable bonds is 7. The third-order valence-electron chi connectivity index (χ3n) is 6.65. The van der Waals surface area contributed by atoms with Gasteiger partial charge in [-0.3, -0.25) is 24.2 Å². The van der Waals surface area contributed by atoms with Crippen LogP contribution in [0.1, 0.15) is 42.9 Å². The quantitative estimate of drug-likeness (QED) is 0.714. The van der Waals surface area contributed by atoms with Gasteiger partial charge in [0, 0.05) is 44.0 Å². The molecule has 1 unspecified atom stereocenters. The first-order chi connectivity index (χ1) is 15.4. The third kappa shape index (κ3) is 5.18. The Morgan fingerprint density at radius 3 is 2.53 bits per heavy atom.